The number of nitrogens with zero attached hydrogens (tertiary/aromatic N) is 3. The normalized spacial score (nSPS) is 24.0. The van der Waals surface area contributed by atoms with Crippen molar-refractivity contribution in [3.8, 4) is 6.19 Å². The van der Waals surface area contributed by atoms with Crippen LogP contribution in [0.1, 0.15) is 42.7 Å². The second-order valence-corrected chi connectivity index (χ2v) is 6.31. The van der Waals surface area contributed by atoms with Crippen LogP contribution in [0.2, 0.25) is 0 Å². The summed E-state index contributed by atoms with van der Waals surface area (Å²) in [5.41, 5.74) is 3.91. The van der Waals surface area contributed by atoms with Gasteiger partial charge in [-0.15, -0.1) is 0 Å². The molecule has 1 saturated carbocycles. The molecule has 0 aromatic heterocycles. The first-order valence-corrected chi connectivity index (χ1v) is 7.89. The Morgan fingerprint density at radius 2 is 2.10 bits per heavy atom. The third kappa shape index (κ3) is 1.99. The Hall–Kier alpha value is -2.02. The van der Waals surface area contributed by atoms with Crippen LogP contribution in [0.3, 0.4) is 0 Å². The third-order valence-corrected chi connectivity index (χ3v) is 5.01. The van der Waals surface area contributed by atoms with Crippen LogP contribution in [-0.4, -0.2) is 29.9 Å². The van der Waals surface area contributed by atoms with Crippen molar-refractivity contribution in [1.82, 2.24) is 4.90 Å². The molecule has 0 bridgehead atoms. The zero-order valence-corrected chi connectivity index (χ0v) is 12.1. The second kappa shape index (κ2) is 4.77. The average Bonchev–Trinajstić information content (AvgIpc) is 3.09. The van der Waals surface area contributed by atoms with E-state index in [-0.39, 0.29) is 11.9 Å². The Kier molecular flexibility index (Phi) is 2.88. The molecule has 2 aliphatic heterocycles. The van der Waals surface area contributed by atoms with Gasteiger partial charge in [0.25, 0.3) is 0 Å². The molecule has 1 aromatic carbocycles. The molecule has 21 heavy (non-hydrogen) atoms. The smallest absolute Gasteiger partial charge is 0.250 e. The van der Waals surface area contributed by atoms with Crippen molar-refractivity contribution in [2.45, 2.75) is 44.1 Å². The van der Waals surface area contributed by atoms with Crippen molar-refractivity contribution >= 4 is 11.6 Å². The van der Waals surface area contributed by atoms with Gasteiger partial charge < -0.3 is 4.90 Å². The standard InChI is InChI=1S/C17H19N3O/c18-11-19-9-2-5-16(19)17(21)20-10-8-14-13(12-6-7-12)3-1-4-15(14)20/h1,3-4,12,16H,2,5-10H2/t16-/m0/s1. The molecule has 4 heteroatoms. The minimum absolute atomic E-state index is 0.112. The van der Waals surface area contributed by atoms with Crippen LogP contribution in [0.4, 0.5) is 5.69 Å². The molecule has 108 valence electrons. The molecular weight excluding hydrogens is 262 g/mol. The van der Waals surface area contributed by atoms with Gasteiger partial charge in [-0.05, 0) is 55.2 Å². The lowest BCUT2D eigenvalue weighted by molar-refractivity contribution is -0.121. The zero-order chi connectivity index (χ0) is 14.4. The summed E-state index contributed by atoms with van der Waals surface area (Å²) in [6, 6.07) is 6.12. The van der Waals surface area contributed by atoms with Gasteiger partial charge >= 0.3 is 0 Å². The van der Waals surface area contributed by atoms with Gasteiger partial charge in [0.15, 0.2) is 6.19 Å². The summed E-state index contributed by atoms with van der Waals surface area (Å²) in [6.45, 7) is 1.49. The fourth-order valence-corrected chi connectivity index (χ4v) is 3.79. The number of rotatable bonds is 2. The maximum atomic E-state index is 12.8. The zero-order valence-electron chi connectivity index (χ0n) is 12.1. The molecule has 1 saturated heterocycles. The van der Waals surface area contributed by atoms with Crippen LogP contribution < -0.4 is 4.90 Å². The van der Waals surface area contributed by atoms with E-state index >= 15 is 0 Å². The van der Waals surface area contributed by atoms with E-state index < -0.39 is 0 Å². The first-order valence-electron chi connectivity index (χ1n) is 7.89. The van der Waals surface area contributed by atoms with Crippen LogP contribution in [0.25, 0.3) is 0 Å². The average molecular weight is 281 g/mol. The van der Waals surface area contributed by atoms with Crippen molar-refractivity contribution in [2.75, 3.05) is 18.0 Å². The largest absolute Gasteiger partial charge is 0.310 e. The lowest BCUT2D eigenvalue weighted by Gasteiger charge is -2.25. The molecule has 0 N–H and O–H groups in total. The van der Waals surface area contributed by atoms with Crippen molar-refractivity contribution in [3.05, 3.63) is 29.3 Å². The first kappa shape index (κ1) is 12.7. The van der Waals surface area contributed by atoms with Gasteiger partial charge in [-0.1, -0.05) is 12.1 Å². The first-order chi connectivity index (χ1) is 10.3. The molecule has 2 heterocycles. The van der Waals surface area contributed by atoms with Gasteiger partial charge in [0.1, 0.15) is 6.04 Å². The number of benzene rings is 1. The minimum atomic E-state index is -0.245. The van der Waals surface area contributed by atoms with E-state index in [1.165, 1.54) is 24.0 Å². The fraction of sp³-hybridized carbons (Fsp3) is 0.529. The van der Waals surface area contributed by atoms with Crippen molar-refractivity contribution in [3.63, 3.8) is 0 Å². The van der Waals surface area contributed by atoms with Gasteiger partial charge in [0.2, 0.25) is 5.91 Å². The van der Waals surface area contributed by atoms with E-state index in [0.29, 0.717) is 0 Å². The Labute approximate surface area is 125 Å². The van der Waals surface area contributed by atoms with E-state index in [9.17, 15) is 4.79 Å². The van der Waals surface area contributed by atoms with Crippen molar-refractivity contribution < 1.29 is 4.79 Å². The summed E-state index contributed by atoms with van der Waals surface area (Å²) in [5, 5.41) is 9.15. The number of hydrogen-bond acceptors (Lipinski definition) is 3. The molecule has 0 spiro atoms. The van der Waals surface area contributed by atoms with Crippen LogP contribution in [-0.2, 0) is 11.2 Å². The number of nitriles is 1. The summed E-state index contributed by atoms with van der Waals surface area (Å²) < 4.78 is 0. The maximum Gasteiger partial charge on any atom is 0.250 e. The quantitative estimate of drug-likeness (QED) is 0.782. The Bertz CT molecular complexity index is 629. The topological polar surface area (TPSA) is 47.3 Å². The minimum Gasteiger partial charge on any atom is -0.310 e. The predicted molar refractivity (Wildman–Crippen MR) is 79.8 cm³/mol. The number of carbonyl (C=O) groups is 1. The molecule has 1 amide bonds. The Morgan fingerprint density at radius 3 is 2.86 bits per heavy atom. The highest BCUT2D eigenvalue weighted by Crippen LogP contribution is 2.45. The number of hydrogen-bond donors (Lipinski definition) is 0. The number of fused-ring (bicyclic) bond motifs is 1. The molecule has 1 aliphatic carbocycles. The van der Waals surface area contributed by atoms with Gasteiger partial charge in [-0.2, -0.15) is 5.26 Å². The molecule has 1 atom stereocenters. The molecule has 4 rings (SSSR count). The number of likely N-dealkylation sites (tertiary alicyclic amines) is 1. The van der Waals surface area contributed by atoms with E-state index in [4.69, 9.17) is 5.26 Å². The van der Waals surface area contributed by atoms with E-state index in [2.05, 4.69) is 24.4 Å². The van der Waals surface area contributed by atoms with Crippen molar-refractivity contribution in [1.29, 1.82) is 5.26 Å². The van der Waals surface area contributed by atoms with Gasteiger partial charge in [0.05, 0.1) is 0 Å². The summed E-state index contributed by atoms with van der Waals surface area (Å²) in [5.74, 6) is 0.831. The Morgan fingerprint density at radius 1 is 1.24 bits per heavy atom. The van der Waals surface area contributed by atoms with E-state index in [0.717, 1.165) is 44.0 Å². The third-order valence-electron chi connectivity index (χ3n) is 5.01. The van der Waals surface area contributed by atoms with Crippen LogP contribution >= 0.6 is 0 Å². The van der Waals surface area contributed by atoms with Crippen molar-refractivity contribution in [2.24, 2.45) is 0 Å². The maximum absolute atomic E-state index is 12.8. The summed E-state index contributed by atoms with van der Waals surface area (Å²) in [6.07, 6.45) is 7.45. The highest BCUT2D eigenvalue weighted by Gasteiger charge is 2.38. The molecular formula is C17H19N3O. The number of carbonyl (C=O) groups excluding carboxylic acids is 1. The van der Waals surface area contributed by atoms with Gasteiger partial charge in [0, 0.05) is 18.8 Å². The second-order valence-electron chi connectivity index (χ2n) is 6.31. The molecule has 1 aromatic rings. The van der Waals surface area contributed by atoms with E-state index in [1.807, 2.05) is 4.90 Å². The molecule has 0 radical (unpaired) electrons. The van der Waals surface area contributed by atoms with Gasteiger partial charge in [-0.25, -0.2) is 0 Å². The summed E-state index contributed by atoms with van der Waals surface area (Å²) in [4.78, 5) is 16.4. The van der Waals surface area contributed by atoms with Crippen LogP contribution in [0, 0.1) is 11.5 Å². The highest BCUT2D eigenvalue weighted by atomic mass is 16.2. The van der Waals surface area contributed by atoms with Gasteiger partial charge in [-0.3, -0.25) is 9.69 Å². The fourth-order valence-electron chi connectivity index (χ4n) is 3.79. The Balaban J connectivity index is 1.63. The van der Waals surface area contributed by atoms with E-state index in [1.54, 1.807) is 4.90 Å². The van der Waals surface area contributed by atoms with Crippen LogP contribution in [0.15, 0.2) is 18.2 Å². The SMILES string of the molecule is N#CN1CCC[C@H]1C(=O)N1CCc2c(C3CC3)cccc21. The highest BCUT2D eigenvalue weighted by molar-refractivity contribution is 5.99. The number of anilines is 1. The van der Waals surface area contributed by atoms with Crippen LogP contribution in [0.5, 0.6) is 0 Å². The summed E-state index contributed by atoms with van der Waals surface area (Å²) >= 11 is 0. The molecule has 2 fully saturated rings. The monoisotopic (exact) mass is 281 g/mol. The molecule has 4 nitrogen and oxygen atoms in total. The molecule has 3 aliphatic rings. The summed E-state index contributed by atoms with van der Waals surface area (Å²) in [7, 11) is 0. The molecule has 0 unspecified atom stereocenters. The lowest BCUT2D eigenvalue weighted by Crippen LogP contribution is -2.43. The predicted octanol–water partition coefficient (Wildman–Crippen LogP) is 2.40. The lowest BCUT2D eigenvalue weighted by atomic mass is 10.0. The number of amides is 1.